The molecule has 14 heavy (non-hydrogen) atoms. The Labute approximate surface area is 88.5 Å². The number of aliphatic hydroxyl groups excluding tert-OH is 1. The summed E-state index contributed by atoms with van der Waals surface area (Å²) >= 11 is 0. The first kappa shape index (κ1) is 13.9. The highest BCUT2D eigenvalue weighted by molar-refractivity contribution is 4.71. The summed E-state index contributed by atoms with van der Waals surface area (Å²) in [4.78, 5) is 2.31. The van der Waals surface area contributed by atoms with Crippen LogP contribution in [0.2, 0.25) is 0 Å². The molecular weight excluding hydrogens is 176 g/mol. The first-order chi connectivity index (χ1) is 6.61. The smallest absolute Gasteiger partial charge is 0.0446 e. The Balaban J connectivity index is 3.81. The molecule has 86 valence electrons. The van der Waals surface area contributed by atoms with Gasteiger partial charge in [-0.1, -0.05) is 6.92 Å². The number of nitrogens with one attached hydrogen (secondary N) is 1. The quantitative estimate of drug-likeness (QED) is 0.618. The molecule has 0 heterocycles. The third kappa shape index (κ3) is 6.35. The maximum absolute atomic E-state index is 8.93. The van der Waals surface area contributed by atoms with E-state index in [1.54, 1.807) is 0 Å². The molecule has 0 aliphatic carbocycles. The van der Waals surface area contributed by atoms with Crippen LogP contribution in [0.15, 0.2) is 0 Å². The summed E-state index contributed by atoms with van der Waals surface area (Å²) in [6.07, 6.45) is 1.99. The largest absolute Gasteiger partial charge is 0.396 e. The molecule has 0 amide bonds. The van der Waals surface area contributed by atoms with E-state index in [1.165, 1.54) is 0 Å². The van der Waals surface area contributed by atoms with E-state index in [0.29, 0.717) is 12.1 Å². The molecule has 0 rings (SSSR count). The Morgan fingerprint density at radius 2 is 2.00 bits per heavy atom. The van der Waals surface area contributed by atoms with Crippen LogP contribution in [0.3, 0.4) is 0 Å². The molecule has 0 saturated heterocycles. The molecule has 0 spiro atoms. The number of rotatable bonds is 8. The van der Waals surface area contributed by atoms with E-state index in [0.717, 1.165) is 25.9 Å². The fourth-order valence-corrected chi connectivity index (χ4v) is 1.32. The summed E-state index contributed by atoms with van der Waals surface area (Å²) in [5.74, 6) is 0. The highest BCUT2D eigenvalue weighted by Crippen LogP contribution is 1.99. The molecule has 0 aliphatic rings. The Kier molecular flexibility index (Phi) is 8.14. The van der Waals surface area contributed by atoms with Gasteiger partial charge in [-0.3, -0.25) is 0 Å². The van der Waals surface area contributed by atoms with Crippen molar-refractivity contribution in [2.24, 2.45) is 0 Å². The van der Waals surface area contributed by atoms with Gasteiger partial charge in [0.15, 0.2) is 0 Å². The third-order valence-electron chi connectivity index (χ3n) is 2.55. The van der Waals surface area contributed by atoms with Crippen molar-refractivity contribution in [1.82, 2.24) is 10.2 Å². The minimum atomic E-state index is 0.271. The van der Waals surface area contributed by atoms with Crippen molar-refractivity contribution in [2.75, 3.05) is 26.7 Å². The highest BCUT2D eigenvalue weighted by atomic mass is 16.3. The van der Waals surface area contributed by atoms with Gasteiger partial charge in [0.2, 0.25) is 0 Å². The number of nitrogens with zero attached hydrogens (tertiary/aromatic N) is 1. The lowest BCUT2D eigenvalue weighted by Crippen LogP contribution is -2.42. The summed E-state index contributed by atoms with van der Waals surface area (Å²) in [5.41, 5.74) is 0. The predicted octanol–water partition coefficient (Wildman–Crippen LogP) is 1.08. The van der Waals surface area contributed by atoms with E-state index in [1.807, 2.05) is 0 Å². The summed E-state index contributed by atoms with van der Waals surface area (Å²) < 4.78 is 0. The Morgan fingerprint density at radius 3 is 2.43 bits per heavy atom. The number of hydrogen-bond donors (Lipinski definition) is 2. The van der Waals surface area contributed by atoms with Crippen molar-refractivity contribution in [3.05, 3.63) is 0 Å². The molecule has 0 saturated carbocycles. The zero-order chi connectivity index (χ0) is 11.0. The number of likely N-dealkylation sites (N-methyl/N-ethyl adjacent to an activating group) is 1. The zero-order valence-electron chi connectivity index (χ0n) is 10.1. The van der Waals surface area contributed by atoms with Gasteiger partial charge in [-0.2, -0.15) is 0 Å². The van der Waals surface area contributed by atoms with Crippen LogP contribution in [-0.2, 0) is 0 Å². The number of aliphatic hydroxyl groups is 1. The minimum absolute atomic E-state index is 0.271. The lowest BCUT2D eigenvalue weighted by Gasteiger charge is -2.27. The molecule has 0 aliphatic heterocycles. The maximum atomic E-state index is 8.93. The molecule has 1 unspecified atom stereocenters. The third-order valence-corrected chi connectivity index (χ3v) is 2.55. The lowest BCUT2D eigenvalue weighted by molar-refractivity contribution is 0.207. The summed E-state index contributed by atoms with van der Waals surface area (Å²) in [5, 5.41) is 12.4. The fourth-order valence-electron chi connectivity index (χ4n) is 1.32. The normalized spacial score (nSPS) is 13.9. The molecule has 2 N–H and O–H groups in total. The molecule has 0 bridgehead atoms. The Hall–Kier alpha value is -0.120. The second-order valence-electron chi connectivity index (χ2n) is 4.20. The molecular formula is C11H26N2O. The molecule has 0 aromatic heterocycles. The van der Waals surface area contributed by atoms with E-state index in [-0.39, 0.29) is 6.61 Å². The van der Waals surface area contributed by atoms with Gasteiger partial charge < -0.3 is 15.3 Å². The Bertz CT molecular complexity index is 128. The zero-order valence-corrected chi connectivity index (χ0v) is 10.1. The van der Waals surface area contributed by atoms with Crippen LogP contribution in [0, 0.1) is 0 Å². The summed E-state index contributed by atoms with van der Waals surface area (Å²) in [7, 11) is 2.13. The molecule has 3 heteroatoms. The fraction of sp³-hybridized carbons (Fsp3) is 1.00. The van der Waals surface area contributed by atoms with Gasteiger partial charge in [-0.25, -0.2) is 0 Å². The van der Waals surface area contributed by atoms with Gasteiger partial charge >= 0.3 is 0 Å². The van der Waals surface area contributed by atoms with E-state index >= 15 is 0 Å². The van der Waals surface area contributed by atoms with E-state index < -0.39 is 0 Å². The number of hydrogen-bond acceptors (Lipinski definition) is 3. The first-order valence-electron chi connectivity index (χ1n) is 5.66. The van der Waals surface area contributed by atoms with Gasteiger partial charge in [-0.05, 0) is 40.3 Å². The van der Waals surface area contributed by atoms with Crippen molar-refractivity contribution in [3.63, 3.8) is 0 Å². The lowest BCUT2D eigenvalue weighted by atomic mass is 10.2. The molecule has 0 aromatic rings. The van der Waals surface area contributed by atoms with E-state index in [9.17, 15) is 0 Å². The van der Waals surface area contributed by atoms with E-state index in [2.05, 4.69) is 38.0 Å². The maximum Gasteiger partial charge on any atom is 0.0446 e. The Morgan fingerprint density at radius 1 is 1.36 bits per heavy atom. The van der Waals surface area contributed by atoms with Crippen LogP contribution in [-0.4, -0.2) is 48.8 Å². The second-order valence-corrected chi connectivity index (χ2v) is 4.20. The second kappa shape index (κ2) is 8.21. The highest BCUT2D eigenvalue weighted by Gasteiger charge is 2.11. The molecule has 0 aromatic carbocycles. The van der Waals surface area contributed by atoms with Crippen LogP contribution in [0.5, 0.6) is 0 Å². The molecule has 0 radical (unpaired) electrons. The van der Waals surface area contributed by atoms with Crippen LogP contribution >= 0.6 is 0 Å². The molecule has 0 fully saturated rings. The molecule has 3 nitrogen and oxygen atoms in total. The average molecular weight is 202 g/mol. The van der Waals surface area contributed by atoms with Crippen molar-refractivity contribution in [3.8, 4) is 0 Å². The van der Waals surface area contributed by atoms with Crippen molar-refractivity contribution in [2.45, 2.75) is 45.7 Å². The van der Waals surface area contributed by atoms with Crippen LogP contribution in [0.25, 0.3) is 0 Å². The van der Waals surface area contributed by atoms with Crippen molar-refractivity contribution >= 4 is 0 Å². The predicted molar refractivity (Wildman–Crippen MR) is 61.6 cm³/mol. The SMILES string of the molecule is CCCNC(CCO)CN(C)C(C)C. The molecule has 1 atom stereocenters. The van der Waals surface area contributed by atoms with Crippen molar-refractivity contribution in [1.29, 1.82) is 0 Å². The van der Waals surface area contributed by atoms with Crippen LogP contribution in [0.1, 0.15) is 33.6 Å². The topological polar surface area (TPSA) is 35.5 Å². The monoisotopic (exact) mass is 202 g/mol. The standard InChI is InChI=1S/C11H26N2O/c1-5-7-12-11(6-8-14)9-13(4)10(2)3/h10-12,14H,5-9H2,1-4H3. The minimum Gasteiger partial charge on any atom is -0.396 e. The van der Waals surface area contributed by atoms with Gasteiger partial charge in [0, 0.05) is 25.2 Å². The van der Waals surface area contributed by atoms with E-state index in [4.69, 9.17) is 5.11 Å². The summed E-state index contributed by atoms with van der Waals surface area (Å²) in [6.45, 7) is 8.86. The first-order valence-corrected chi connectivity index (χ1v) is 5.66. The summed E-state index contributed by atoms with van der Waals surface area (Å²) in [6, 6.07) is 0.993. The van der Waals surface area contributed by atoms with Crippen LogP contribution < -0.4 is 5.32 Å². The van der Waals surface area contributed by atoms with Gasteiger partial charge in [-0.15, -0.1) is 0 Å². The van der Waals surface area contributed by atoms with Gasteiger partial charge in [0.05, 0.1) is 0 Å². The average Bonchev–Trinajstić information content (AvgIpc) is 2.14. The van der Waals surface area contributed by atoms with Gasteiger partial charge in [0.1, 0.15) is 0 Å². The van der Waals surface area contributed by atoms with Gasteiger partial charge in [0.25, 0.3) is 0 Å². The van der Waals surface area contributed by atoms with Crippen molar-refractivity contribution < 1.29 is 5.11 Å². The van der Waals surface area contributed by atoms with Crippen LogP contribution in [0.4, 0.5) is 0 Å².